The van der Waals surface area contributed by atoms with E-state index in [4.69, 9.17) is 4.42 Å². The number of amides is 2. The second kappa shape index (κ2) is 6.06. The van der Waals surface area contributed by atoms with E-state index >= 15 is 0 Å². The minimum Gasteiger partial charge on any atom is -0.452 e. The summed E-state index contributed by atoms with van der Waals surface area (Å²) >= 11 is 4.86. The van der Waals surface area contributed by atoms with Gasteiger partial charge < -0.3 is 14.6 Å². The molecule has 0 unspecified atom stereocenters. The maximum absolute atomic E-state index is 11.8. The van der Waals surface area contributed by atoms with Gasteiger partial charge in [0, 0.05) is 11.9 Å². The van der Waals surface area contributed by atoms with E-state index in [0.717, 1.165) is 10.6 Å². The summed E-state index contributed by atoms with van der Waals surface area (Å²) in [5, 5.41) is 4.85. The van der Waals surface area contributed by atoms with Crippen LogP contribution in [0.5, 0.6) is 0 Å². The average molecular weight is 329 g/mol. The van der Waals surface area contributed by atoms with Crippen molar-refractivity contribution in [1.29, 1.82) is 0 Å². The summed E-state index contributed by atoms with van der Waals surface area (Å²) in [5.74, 6) is 0.746. The predicted molar refractivity (Wildman–Crippen MR) is 74.4 cm³/mol. The van der Waals surface area contributed by atoms with Gasteiger partial charge in [0.05, 0.1) is 13.1 Å². The fourth-order valence-corrected chi connectivity index (χ4v) is 2.44. The average Bonchev–Trinajstić information content (AvgIpc) is 2.97. The van der Waals surface area contributed by atoms with Crippen molar-refractivity contribution in [3.63, 3.8) is 0 Å². The van der Waals surface area contributed by atoms with Crippen LogP contribution in [0.2, 0.25) is 0 Å². The van der Waals surface area contributed by atoms with Crippen LogP contribution in [0.4, 0.5) is 4.79 Å². The first-order valence-corrected chi connectivity index (χ1v) is 7.08. The first-order chi connectivity index (χ1) is 8.65. The monoisotopic (exact) mass is 328 g/mol. The van der Waals surface area contributed by atoms with Gasteiger partial charge in [-0.25, -0.2) is 4.79 Å². The topological polar surface area (TPSA) is 45.5 Å². The molecule has 2 aromatic rings. The molecule has 1 N–H and O–H groups in total. The van der Waals surface area contributed by atoms with Crippen LogP contribution in [0.25, 0.3) is 0 Å². The summed E-state index contributed by atoms with van der Waals surface area (Å²) in [4.78, 5) is 14.5. The second-order valence-corrected chi connectivity index (χ2v) is 5.61. The van der Waals surface area contributed by atoms with E-state index in [1.54, 1.807) is 23.3 Å². The Morgan fingerprint density at radius 1 is 1.50 bits per heavy atom. The number of urea groups is 1. The number of carbonyl (C=O) groups excluding carboxylic acids is 1. The van der Waals surface area contributed by atoms with E-state index in [-0.39, 0.29) is 6.03 Å². The lowest BCUT2D eigenvalue weighted by Gasteiger charge is -2.16. The molecule has 2 rings (SSSR count). The summed E-state index contributed by atoms with van der Waals surface area (Å²) in [7, 11) is 1.74. The Hall–Kier alpha value is -1.27. The molecule has 0 aliphatic carbocycles. The van der Waals surface area contributed by atoms with Gasteiger partial charge in [0.25, 0.3) is 0 Å². The minimum atomic E-state index is -0.115. The molecule has 0 spiro atoms. The van der Waals surface area contributed by atoms with Crippen LogP contribution in [0, 0.1) is 0 Å². The normalized spacial score (nSPS) is 10.3. The highest BCUT2D eigenvalue weighted by atomic mass is 79.9. The van der Waals surface area contributed by atoms with Crippen LogP contribution in [0.15, 0.2) is 38.7 Å². The number of halogens is 1. The molecule has 0 atom stereocenters. The molecule has 0 fully saturated rings. The van der Waals surface area contributed by atoms with Crippen molar-refractivity contribution in [1.82, 2.24) is 10.2 Å². The third-order valence-electron chi connectivity index (χ3n) is 2.36. The number of nitrogens with zero attached hydrogens (tertiary/aromatic N) is 1. The first-order valence-electron chi connectivity index (χ1n) is 5.40. The van der Waals surface area contributed by atoms with Crippen molar-refractivity contribution >= 4 is 33.3 Å². The number of nitrogens with one attached hydrogen (secondary N) is 1. The van der Waals surface area contributed by atoms with Crippen molar-refractivity contribution in [3.05, 3.63) is 45.0 Å². The lowest BCUT2D eigenvalue weighted by atomic mass is 10.4. The highest BCUT2D eigenvalue weighted by Gasteiger charge is 2.10. The molecule has 0 aromatic carbocycles. The molecule has 0 saturated carbocycles. The van der Waals surface area contributed by atoms with Gasteiger partial charge in [0.15, 0.2) is 4.67 Å². The summed E-state index contributed by atoms with van der Waals surface area (Å²) in [6, 6.07) is 7.50. The third kappa shape index (κ3) is 3.61. The summed E-state index contributed by atoms with van der Waals surface area (Å²) in [6.45, 7) is 1.00. The van der Waals surface area contributed by atoms with Crippen molar-refractivity contribution in [3.8, 4) is 0 Å². The third-order valence-corrected chi connectivity index (χ3v) is 3.67. The number of hydrogen-bond acceptors (Lipinski definition) is 3. The number of hydrogen-bond donors (Lipinski definition) is 1. The van der Waals surface area contributed by atoms with E-state index in [0.29, 0.717) is 17.8 Å². The zero-order valence-corrected chi connectivity index (χ0v) is 12.3. The standard InChI is InChI=1S/C12H13BrN2O2S/c1-15(8-9-4-5-11(13)17-9)12(16)14-7-10-3-2-6-18-10/h2-6H,7-8H2,1H3,(H,14,16). The molecule has 0 bridgehead atoms. The zero-order chi connectivity index (χ0) is 13.0. The zero-order valence-electron chi connectivity index (χ0n) is 9.85. The lowest BCUT2D eigenvalue weighted by molar-refractivity contribution is 0.202. The number of furan rings is 1. The largest absolute Gasteiger partial charge is 0.452 e. The molecule has 96 valence electrons. The summed E-state index contributed by atoms with van der Waals surface area (Å²) in [6.07, 6.45) is 0. The fraction of sp³-hybridized carbons (Fsp3) is 0.250. The van der Waals surface area contributed by atoms with Gasteiger partial charge in [-0.2, -0.15) is 0 Å². The van der Waals surface area contributed by atoms with Gasteiger partial charge in [-0.3, -0.25) is 0 Å². The van der Waals surface area contributed by atoms with E-state index in [1.807, 2.05) is 29.6 Å². The summed E-state index contributed by atoms with van der Waals surface area (Å²) in [5.41, 5.74) is 0. The van der Waals surface area contributed by atoms with E-state index < -0.39 is 0 Å². The van der Waals surface area contributed by atoms with Gasteiger partial charge in [-0.05, 0) is 39.5 Å². The highest BCUT2D eigenvalue weighted by molar-refractivity contribution is 9.10. The smallest absolute Gasteiger partial charge is 0.317 e. The highest BCUT2D eigenvalue weighted by Crippen LogP contribution is 2.15. The van der Waals surface area contributed by atoms with Crippen LogP contribution in [0.3, 0.4) is 0 Å². The van der Waals surface area contributed by atoms with Crippen LogP contribution >= 0.6 is 27.3 Å². The molecule has 0 aliphatic heterocycles. The number of thiophene rings is 1. The Morgan fingerprint density at radius 2 is 2.33 bits per heavy atom. The van der Waals surface area contributed by atoms with Crippen molar-refractivity contribution in [2.75, 3.05) is 7.05 Å². The van der Waals surface area contributed by atoms with Gasteiger partial charge >= 0.3 is 6.03 Å². The Morgan fingerprint density at radius 3 is 2.94 bits per heavy atom. The number of rotatable bonds is 4. The maximum Gasteiger partial charge on any atom is 0.317 e. The molecule has 2 amide bonds. The van der Waals surface area contributed by atoms with Crippen molar-refractivity contribution < 1.29 is 9.21 Å². The van der Waals surface area contributed by atoms with Gasteiger partial charge in [-0.1, -0.05) is 6.07 Å². The maximum atomic E-state index is 11.8. The molecular weight excluding hydrogens is 316 g/mol. The Labute approximate surface area is 118 Å². The molecular formula is C12H13BrN2O2S. The van der Waals surface area contributed by atoms with E-state index in [9.17, 15) is 4.79 Å². The molecule has 0 saturated heterocycles. The van der Waals surface area contributed by atoms with Crippen LogP contribution in [0.1, 0.15) is 10.6 Å². The second-order valence-electron chi connectivity index (χ2n) is 3.80. The van der Waals surface area contributed by atoms with Crippen LogP contribution in [-0.2, 0) is 13.1 Å². The van der Waals surface area contributed by atoms with Gasteiger partial charge in [0.2, 0.25) is 0 Å². The molecule has 18 heavy (non-hydrogen) atoms. The molecule has 0 aliphatic rings. The Bertz CT molecular complexity index is 510. The molecule has 2 aromatic heterocycles. The van der Waals surface area contributed by atoms with E-state index in [2.05, 4.69) is 21.2 Å². The fourth-order valence-electron chi connectivity index (χ4n) is 1.45. The van der Waals surface area contributed by atoms with Crippen LogP contribution < -0.4 is 5.32 Å². The van der Waals surface area contributed by atoms with Crippen LogP contribution in [-0.4, -0.2) is 18.0 Å². The molecule has 0 radical (unpaired) electrons. The first kappa shape index (κ1) is 13.2. The summed E-state index contributed by atoms with van der Waals surface area (Å²) < 4.78 is 6.02. The minimum absolute atomic E-state index is 0.115. The lowest BCUT2D eigenvalue weighted by Crippen LogP contribution is -2.36. The number of carbonyl (C=O) groups is 1. The molecule has 2 heterocycles. The van der Waals surface area contributed by atoms with E-state index in [1.165, 1.54) is 0 Å². The quantitative estimate of drug-likeness (QED) is 0.934. The Balaban J connectivity index is 1.81. The van der Waals surface area contributed by atoms with Gasteiger partial charge in [0.1, 0.15) is 5.76 Å². The van der Waals surface area contributed by atoms with Crippen molar-refractivity contribution in [2.45, 2.75) is 13.1 Å². The molecule has 6 heteroatoms. The molecule has 4 nitrogen and oxygen atoms in total. The van der Waals surface area contributed by atoms with Gasteiger partial charge in [-0.15, -0.1) is 11.3 Å². The van der Waals surface area contributed by atoms with Crippen molar-refractivity contribution in [2.24, 2.45) is 0 Å². The Kier molecular flexibility index (Phi) is 4.43. The SMILES string of the molecule is CN(Cc1ccc(Br)o1)C(=O)NCc1cccs1. The predicted octanol–water partition coefficient (Wildman–Crippen LogP) is 3.45.